The topological polar surface area (TPSA) is 137 Å². The molecule has 10 heteroatoms. The summed E-state index contributed by atoms with van der Waals surface area (Å²) in [5.41, 5.74) is 3.81. The van der Waals surface area contributed by atoms with Crippen LogP contribution in [0.5, 0.6) is 5.75 Å². The van der Waals surface area contributed by atoms with Gasteiger partial charge in [-0.1, -0.05) is 30.3 Å². The number of hydrogen-bond acceptors (Lipinski definition) is 7. The van der Waals surface area contributed by atoms with E-state index >= 15 is 0 Å². The fourth-order valence-electron chi connectivity index (χ4n) is 4.17. The van der Waals surface area contributed by atoms with Gasteiger partial charge in [-0.2, -0.15) is 5.10 Å². The van der Waals surface area contributed by atoms with E-state index in [1.807, 2.05) is 30.3 Å². The number of pyridine rings is 1. The van der Waals surface area contributed by atoms with Crippen molar-refractivity contribution in [2.24, 2.45) is 29.0 Å². The Balaban J connectivity index is 1.66. The minimum Gasteiger partial charge on any atom is -0.507 e. The Labute approximate surface area is 176 Å². The zero-order valence-electron chi connectivity index (χ0n) is 16.5. The average Bonchev–Trinajstić information content (AvgIpc) is 3.23. The lowest BCUT2D eigenvalue weighted by Crippen LogP contribution is -2.59. The van der Waals surface area contributed by atoms with Crippen molar-refractivity contribution >= 4 is 34.3 Å². The number of hydrazone groups is 2. The molecule has 1 fully saturated rings. The highest BCUT2D eigenvalue weighted by Gasteiger charge is 2.48. The first kappa shape index (κ1) is 18.7. The number of amides is 1. The van der Waals surface area contributed by atoms with E-state index in [2.05, 4.69) is 20.9 Å². The molecule has 0 saturated carbocycles. The summed E-state index contributed by atoms with van der Waals surface area (Å²) < 4.78 is 1.45. The number of aryl methyl sites for hydroxylation is 1. The lowest BCUT2D eigenvalue weighted by molar-refractivity contribution is -0.122. The highest BCUT2D eigenvalue weighted by atomic mass is 16.3. The van der Waals surface area contributed by atoms with Gasteiger partial charge in [0.05, 0.1) is 22.8 Å². The first-order chi connectivity index (χ1) is 15.0. The SMILES string of the molecule is Cn1c(=O)c([C@H]2NN=C3[C@@H]2C(=O)N/C(=N\N)N3c2ccccc2)c(O)c2ccccc21. The number of fused-ring (bicyclic) bond motifs is 2. The number of guanidine groups is 1. The molecule has 2 aromatic carbocycles. The standard InChI is InChI=1S/C21H19N7O3/c1-27-13-10-6-5-9-12(13)17(29)14(20(27)31)16-15-18(26-25-16)28(11-7-3-2-4-8-11)21(24-22)23-19(15)30/h2-10,15-16,25,29H,22H2,1H3,(H,23,24,30)/t15-,16-/m1/s1. The summed E-state index contributed by atoms with van der Waals surface area (Å²) in [6, 6.07) is 15.3. The van der Waals surface area contributed by atoms with E-state index in [9.17, 15) is 14.7 Å². The maximum Gasteiger partial charge on any atom is 0.259 e. The van der Waals surface area contributed by atoms with Gasteiger partial charge in [0, 0.05) is 12.4 Å². The van der Waals surface area contributed by atoms with Crippen LogP contribution >= 0.6 is 0 Å². The summed E-state index contributed by atoms with van der Waals surface area (Å²) in [5.74, 6) is 4.47. The molecule has 31 heavy (non-hydrogen) atoms. The van der Waals surface area contributed by atoms with Crippen LogP contribution in [0.2, 0.25) is 0 Å². The van der Waals surface area contributed by atoms with Crippen molar-refractivity contribution in [3.05, 3.63) is 70.5 Å². The number of nitrogens with one attached hydrogen (secondary N) is 2. The van der Waals surface area contributed by atoms with Crippen molar-refractivity contribution < 1.29 is 9.90 Å². The number of carbonyl (C=O) groups excluding carboxylic acids is 1. The molecule has 5 N–H and O–H groups in total. The molecule has 5 rings (SSSR count). The van der Waals surface area contributed by atoms with Crippen LogP contribution < -0.4 is 27.0 Å². The Hall–Kier alpha value is -4.34. The number of aromatic nitrogens is 1. The molecule has 0 unspecified atom stereocenters. The second-order valence-electron chi connectivity index (χ2n) is 7.31. The molecular weight excluding hydrogens is 398 g/mol. The molecule has 2 aliphatic heterocycles. The van der Waals surface area contributed by atoms with Crippen molar-refractivity contribution in [1.29, 1.82) is 0 Å². The number of benzene rings is 2. The lowest BCUT2D eigenvalue weighted by atomic mass is 9.90. The Kier molecular flexibility index (Phi) is 4.14. The Morgan fingerprint density at radius 3 is 2.55 bits per heavy atom. The zero-order chi connectivity index (χ0) is 21.7. The van der Waals surface area contributed by atoms with Crippen molar-refractivity contribution in [2.45, 2.75) is 6.04 Å². The molecule has 0 spiro atoms. The number of amidine groups is 1. The maximum atomic E-state index is 13.2. The number of aromatic hydroxyl groups is 1. The molecule has 0 radical (unpaired) electrons. The largest absolute Gasteiger partial charge is 0.507 e. The predicted molar refractivity (Wildman–Crippen MR) is 116 cm³/mol. The number of carbonyl (C=O) groups is 1. The third-order valence-electron chi connectivity index (χ3n) is 5.65. The fraction of sp³-hybridized carbons (Fsp3) is 0.143. The number of anilines is 1. The molecular formula is C21H19N7O3. The molecule has 2 atom stereocenters. The molecule has 0 bridgehead atoms. The lowest BCUT2D eigenvalue weighted by Gasteiger charge is -2.34. The molecule has 3 heterocycles. The van der Waals surface area contributed by atoms with Crippen molar-refractivity contribution in [3.63, 3.8) is 0 Å². The summed E-state index contributed by atoms with van der Waals surface area (Å²) in [5, 5.41) is 22.2. The molecule has 1 amide bonds. The number of nitrogens with two attached hydrogens (primary N) is 1. The minimum absolute atomic E-state index is 0.0706. The van der Waals surface area contributed by atoms with Crippen LogP contribution in [0, 0.1) is 5.92 Å². The van der Waals surface area contributed by atoms with Gasteiger partial charge in [-0.25, -0.2) is 0 Å². The number of rotatable bonds is 2. The normalized spacial score (nSPS) is 21.6. The van der Waals surface area contributed by atoms with Gasteiger partial charge < -0.3 is 15.5 Å². The molecule has 156 valence electrons. The Morgan fingerprint density at radius 2 is 1.81 bits per heavy atom. The van der Waals surface area contributed by atoms with Gasteiger partial charge in [-0.15, -0.1) is 5.10 Å². The molecule has 1 aromatic heterocycles. The van der Waals surface area contributed by atoms with Crippen LogP contribution in [-0.4, -0.2) is 27.4 Å². The van der Waals surface area contributed by atoms with Gasteiger partial charge in [0.25, 0.3) is 5.56 Å². The quantitative estimate of drug-likeness (QED) is 0.358. The van der Waals surface area contributed by atoms with Crippen LogP contribution in [0.3, 0.4) is 0 Å². The van der Waals surface area contributed by atoms with Crippen molar-refractivity contribution in [1.82, 2.24) is 15.3 Å². The van der Waals surface area contributed by atoms with E-state index in [0.717, 1.165) is 0 Å². The fourth-order valence-corrected chi connectivity index (χ4v) is 4.17. The van der Waals surface area contributed by atoms with E-state index in [1.54, 1.807) is 36.2 Å². The third-order valence-corrected chi connectivity index (χ3v) is 5.65. The van der Waals surface area contributed by atoms with Crippen molar-refractivity contribution in [3.8, 4) is 5.75 Å². The summed E-state index contributed by atoms with van der Waals surface area (Å²) in [6.07, 6.45) is 0. The van der Waals surface area contributed by atoms with Gasteiger partial charge >= 0.3 is 0 Å². The first-order valence-corrected chi connectivity index (χ1v) is 9.60. The van der Waals surface area contributed by atoms with Crippen LogP contribution in [0.4, 0.5) is 5.69 Å². The summed E-state index contributed by atoms with van der Waals surface area (Å²) in [4.78, 5) is 27.8. The van der Waals surface area contributed by atoms with Crippen LogP contribution in [-0.2, 0) is 11.8 Å². The van der Waals surface area contributed by atoms with E-state index in [1.165, 1.54) is 4.57 Å². The van der Waals surface area contributed by atoms with Crippen molar-refractivity contribution in [2.75, 3.05) is 4.90 Å². The van der Waals surface area contributed by atoms with Gasteiger partial charge in [0.1, 0.15) is 11.7 Å². The first-order valence-electron chi connectivity index (χ1n) is 9.60. The summed E-state index contributed by atoms with van der Waals surface area (Å²) in [7, 11) is 1.63. The third kappa shape index (κ3) is 2.65. The number of hydrogen-bond donors (Lipinski definition) is 4. The van der Waals surface area contributed by atoms with Crippen LogP contribution in [0.15, 0.2) is 69.6 Å². The van der Waals surface area contributed by atoms with Crippen LogP contribution in [0.1, 0.15) is 11.6 Å². The number of para-hydroxylation sites is 2. The highest BCUT2D eigenvalue weighted by Crippen LogP contribution is 2.38. The second-order valence-corrected chi connectivity index (χ2v) is 7.31. The molecule has 1 saturated heterocycles. The van der Waals surface area contributed by atoms with E-state index in [4.69, 9.17) is 5.84 Å². The van der Waals surface area contributed by atoms with E-state index in [-0.39, 0.29) is 17.3 Å². The Morgan fingerprint density at radius 1 is 1.10 bits per heavy atom. The summed E-state index contributed by atoms with van der Waals surface area (Å²) in [6.45, 7) is 0. The Bertz CT molecular complexity index is 1330. The number of nitrogens with zero attached hydrogens (tertiary/aromatic N) is 4. The monoisotopic (exact) mass is 417 g/mol. The molecule has 2 aliphatic rings. The van der Waals surface area contributed by atoms with Gasteiger partial charge in [0.2, 0.25) is 11.9 Å². The van der Waals surface area contributed by atoms with Gasteiger partial charge in [0.15, 0.2) is 5.84 Å². The highest BCUT2D eigenvalue weighted by molar-refractivity contribution is 6.31. The second kappa shape index (κ2) is 6.87. The molecule has 3 aromatic rings. The zero-order valence-corrected chi connectivity index (χ0v) is 16.5. The average molecular weight is 417 g/mol. The molecule has 10 nitrogen and oxygen atoms in total. The van der Waals surface area contributed by atoms with Gasteiger partial charge in [-0.05, 0) is 24.3 Å². The smallest absolute Gasteiger partial charge is 0.259 e. The summed E-state index contributed by atoms with van der Waals surface area (Å²) >= 11 is 0. The van der Waals surface area contributed by atoms with E-state index < -0.39 is 23.4 Å². The molecule has 0 aliphatic carbocycles. The van der Waals surface area contributed by atoms with Crippen LogP contribution in [0.25, 0.3) is 10.9 Å². The predicted octanol–water partition coefficient (Wildman–Crippen LogP) is 0.684. The van der Waals surface area contributed by atoms with Gasteiger partial charge in [-0.3, -0.25) is 25.2 Å². The van der Waals surface area contributed by atoms with E-state index in [0.29, 0.717) is 22.4 Å². The minimum atomic E-state index is -0.884. The maximum absolute atomic E-state index is 13.2.